The van der Waals surface area contributed by atoms with Gasteiger partial charge in [0.25, 0.3) is 0 Å². The van der Waals surface area contributed by atoms with Gasteiger partial charge < -0.3 is 5.32 Å². The van der Waals surface area contributed by atoms with Crippen LogP contribution in [-0.4, -0.2) is 45.3 Å². The molecule has 0 aromatic carbocycles. The topological polar surface area (TPSA) is 58.2 Å². The Bertz CT molecular complexity index is 282. The molecule has 6 heteroatoms. The molecule has 0 aliphatic heterocycles. The predicted octanol–water partition coefficient (Wildman–Crippen LogP) is 1.83. The molecule has 0 aliphatic carbocycles. The van der Waals surface area contributed by atoms with Crippen molar-refractivity contribution in [3.05, 3.63) is 0 Å². The lowest BCUT2D eigenvalue weighted by Gasteiger charge is -2.15. The van der Waals surface area contributed by atoms with E-state index >= 15 is 0 Å². The molecule has 0 radical (unpaired) electrons. The number of thioether (sulfide) groups is 1. The average Bonchev–Trinajstić information content (AvgIpc) is 2.32. The van der Waals surface area contributed by atoms with E-state index in [0.29, 0.717) is 0 Å². The van der Waals surface area contributed by atoms with Gasteiger partial charge in [-0.2, -0.15) is 11.8 Å². The molecular formula is C12H28N2O2S2. The van der Waals surface area contributed by atoms with Gasteiger partial charge in [-0.1, -0.05) is 13.8 Å². The second-order valence-electron chi connectivity index (χ2n) is 4.45. The van der Waals surface area contributed by atoms with Crippen LogP contribution in [0.15, 0.2) is 0 Å². The minimum atomic E-state index is -3.10. The maximum absolute atomic E-state index is 11.8. The third-order valence-electron chi connectivity index (χ3n) is 2.65. The highest BCUT2D eigenvalue weighted by Gasteiger charge is 2.15. The minimum absolute atomic E-state index is 0.0724. The fourth-order valence-corrected chi connectivity index (χ4v) is 3.88. The molecule has 1 unspecified atom stereocenters. The monoisotopic (exact) mass is 296 g/mol. The maximum Gasteiger partial charge on any atom is 0.211 e. The van der Waals surface area contributed by atoms with E-state index in [9.17, 15) is 8.42 Å². The standard InChI is InChI=1S/C12H28N2O2S2/c1-4-8-13-9-6-7-10-18(15,16)14-12(5-2)11-17-3/h12-14H,4-11H2,1-3H3. The molecule has 0 saturated carbocycles. The maximum atomic E-state index is 11.8. The number of rotatable bonds is 12. The molecule has 18 heavy (non-hydrogen) atoms. The van der Waals surface area contributed by atoms with Gasteiger partial charge in [0.2, 0.25) is 10.0 Å². The van der Waals surface area contributed by atoms with Crippen LogP contribution in [0.3, 0.4) is 0 Å². The SMILES string of the molecule is CCCNCCCCS(=O)(=O)NC(CC)CSC. The molecule has 0 heterocycles. The molecule has 0 rings (SSSR count). The largest absolute Gasteiger partial charge is 0.317 e. The molecule has 1 atom stereocenters. The summed E-state index contributed by atoms with van der Waals surface area (Å²) in [5.41, 5.74) is 0. The summed E-state index contributed by atoms with van der Waals surface area (Å²) < 4.78 is 26.4. The second-order valence-corrected chi connectivity index (χ2v) is 7.24. The lowest BCUT2D eigenvalue weighted by atomic mass is 10.3. The predicted molar refractivity (Wildman–Crippen MR) is 81.8 cm³/mol. The van der Waals surface area contributed by atoms with Crippen LogP contribution in [0.1, 0.15) is 39.5 Å². The highest BCUT2D eigenvalue weighted by atomic mass is 32.2. The zero-order valence-corrected chi connectivity index (χ0v) is 13.5. The number of hydrogen-bond acceptors (Lipinski definition) is 4. The van der Waals surface area contributed by atoms with Crippen LogP contribution in [0.5, 0.6) is 0 Å². The van der Waals surface area contributed by atoms with Crippen molar-refractivity contribution in [1.82, 2.24) is 10.0 Å². The first-order valence-electron chi connectivity index (χ1n) is 6.75. The van der Waals surface area contributed by atoms with Gasteiger partial charge in [0.15, 0.2) is 0 Å². The first kappa shape index (κ1) is 18.2. The fourth-order valence-electron chi connectivity index (χ4n) is 1.59. The molecule has 0 amide bonds. The van der Waals surface area contributed by atoms with Crippen molar-refractivity contribution in [2.45, 2.75) is 45.6 Å². The summed E-state index contributed by atoms with van der Waals surface area (Å²) in [5.74, 6) is 1.08. The van der Waals surface area contributed by atoms with Gasteiger partial charge >= 0.3 is 0 Å². The van der Waals surface area contributed by atoms with Crippen molar-refractivity contribution in [3.63, 3.8) is 0 Å². The van der Waals surface area contributed by atoms with Gasteiger partial charge in [-0.25, -0.2) is 13.1 Å². The molecule has 0 fully saturated rings. The molecule has 110 valence electrons. The molecule has 0 aromatic rings. The Morgan fingerprint density at radius 1 is 1.17 bits per heavy atom. The lowest BCUT2D eigenvalue weighted by Crippen LogP contribution is -2.37. The van der Waals surface area contributed by atoms with Crippen LogP contribution in [0, 0.1) is 0 Å². The molecular weight excluding hydrogens is 268 g/mol. The highest BCUT2D eigenvalue weighted by Crippen LogP contribution is 2.04. The zero-order valence-electron chi connectivity index (χ0n) is 11.9. The van der Waals surface area contributed by atoms with Crippen molar-refractivity contribution >= 4 is 21.8 Å². The van der Waals surface area contributed by atoms with E-state index in [1.165, 1.54) is 0 Å². The zero-order chi connectivity index (χ0) is 13.9. The molecule has 0 bridgehead atoms. The number of hydrogen-bond donors (Lipinski definition) is 2. The van der Waals surface area contributed by atoms with Crippen molar-refractivity contribution < 1.29 is 8.42 Å². The van der Waals surface area contributed by atoms with Crippen LogP contribution in [0.25, 0.3) is 0 Å². The second kappa shape index (κ2) is 11.1. The van der Waals surface area contributed by atoms with E-state index in [1.807, 2.05) is 13.2 Å². The van der Waals surface area contributed by atoms with Gasteiger partial charge in [-0.05, 0) is 45.0 Å². The first-order chi connectivity index (χ1) is 8.55. The summed E-state index contributed by atoms with van der Waals surface area (Å²) in [5, 5.41) is 3.27. The van der Waals surface area contributed by atoms with Crippen LogP contribution in [0.2, 0.25) is 0 Å². The van der Waals surface area contributed by atoms with Crippen molar-refractivity contribution in [2.24, 2.45) is 0 Å². The molecule has 2 N–H and O–H groups in total. The number of nitrogens with one attached hydrogen (secondary N) is 2. The van der Waals surface area contributed by atoms with Gasteiger partial charge in [0.1, 0.15) is 0 Å². The van der Waals surface area contributed by atoms with Crippen molar-refractivity contribution in [2.75, 3.05) is 30.9 Å². The normalized spacial score (nSPS) is 13.7. The fraction of sp³-hybridized carbons (Fsp3) is 1.00. The minimum Gasteiger partial charge on any atom is -0.317 e. The Kier molecular flexibility index (Phi) is 11.2. The van der Waals surface area contributed by atoms with Gasteiger partial charge in [0.05, 0.1) is 5.75 Å². The Morgan fingerprint density at radius 3 is 2.44 bits per heavy atom. The summed E-state index contributed by atoms with van der Waals surface area (Å²) in [4.78, 5) is 0. The van der Waals surface area contributed by atoms with Crippen LogP contribution < -0.4 is 10.0 Å². The third kappa shape index (κ3) is 10.2. The average molecular weight is 297 g/mol. The van der Waals surface area contributed by atoms with Crippen molar-refractivity contribution in [3.8, 4) is 0 Å². The molecule has 0 saturated heterocycles. The van der Waals surface area contributed by atoms with Gasteiger partial charge in [-0.3, -0.25) is 0 Å². The molecule has 4 nitrogen and oxygen atoms in total. The first-order valence-corrected chi connectivity index (χ1v) is 9.80. The van der Waals surface area contributed by atoms with Gasteiger partial charge in [0, 0.05) is 11.8 Å². The number of sulfonamides is 1. The molecule has 0 aromatic heterocycles. The van der Waals surface area contributed by atoms with Crippen LogP contribution >= 0.6 is 11.8 Å². The van der Waals surface area contributed by atoms with Crippen LogP contribution in [-0.2, 0) is 10.0 Å². The Balaban J connectivity index is 3.79. The smallest absolute Gasteiger partial charge is 0.211 e. The Hall–Kier alpha value is 0.220. The highest BCUT2D eigenvalue weighted by molar-refractivity contribution is 7.98. The summed E-state index contributed by atoms with van der Waals surface area (Å²) in [6.45, 7) is 6.05. The lowest BCUT2D eigenvalue weighted by molar-refractivity contribution is 0.552. The van der Waals surface area contributed by atoms with E-state index < -0.39 is 10.0 Å². The molecule has 0 aliphatic rings. The van der Waals surface area contributed by atoms with E-state index in [1.54, 1.807) is 11.8 Å². The summed E-state index contributed by atoms with van der Waals surface area (Å²) in [7, 11) is -3.10. The summed E-state index contributed by atoms with van der Waals surface area (Å²) >= 11 is 1.68. The quantitative estimate of drug-likeness (QED) is 0.539. The third-order valence-corrected chi connectivity index (χ3v) is 4.90. The van der Waals surface area contributed by atoms with Crippen LogP contribution in [0.4, 0.5) is 0 Å². The Morgan fingerprint density at radius 2 is 1.89 bits per heavy atom. The summed E-state index contributed by atoms with van der Waals surface area (Å²) in [6.07, 6.45) is 5.60. The summed E-state index contributed by atoms with van der Waals surface area (Å²) in [6, 6.07) is 0.0724. The van der Waals surface area contributed by atoms with E-state index in [0.717, 1.165) is 44.5 Å². The van der Waals surface area contributed by atoms with E-state index in [4.69, 9.17) is 0 Å². The molecule has 0 spiro atoms. The van der Waals surface area contributed by atoms with E-state index in [-0.39, 0.29) is 11.8 Å². The number of unbranched alkanes of at least 4 members (excludes halogenated alkanes) is 1. The Labute approximate surface area is 117 Å². The van der Waals surface area contributed by atoms with Gasteiger partial charge in [-0.15, -0.1) is 0 Å². The van der Waals surface area contributed by atoms with Crippen molar-refractivity contribution in [1.29, 1.82) is 0 Å². The van der Waals surface area contributed by atoms with E-state index in [2.05, 4.69) is 17.0 Å².